The summed E-state index contributed by atoms with van der Waals surface area (Å²) in [5.74, 6) is 0. The van der Waals surface area contributed by atoms with E-state index in [1.54, 1.807) is 0 Å². The second kappa shape index (κ2) is 7.05. The largest absolute Gasteiger partial charge is 0.378 e. The van der Waals surface area contributed by atoms with E-state index >= 15 is 0 Å². The first-order valence-corrected chi connectivity index (χ1v) is 8.19. The topological polar surface area (TPSA) is 24.5 Å². The number of rotatable bonds is 7. The van der Waals surface area contributed by atoms with Crippen LogP contribution in [0.3, 0.4) is 0 Å². The van der Waals surface area contributed by atoms with Crippen molar-refractivity contribution in [1.82, 2.24) is 10.2 Å². The standard InChI is InChI=1S/C16H32N2O/c1-4-19-15-13-14(17-11-8-12-18(2)3)16(15)9-6-5-7-10-16/h14-15,17H,4-13H2,1-3H3. The average Bonchev–Trinajstić information content (AvgIpc) is 2.41. The van der Waals surface area contributed by atoms with Gasteiger partial charge in [-0.05, 0) is 59.8 Å². The monoisotopic (exact) mass is 268 g/mol. The van der Waals surface area contributed by atoms with E-state index in [4.69, 9.17) is 4.74 Å². The molecule has 0 bridgehead atoms. The van der Waals surface area contributed by atoms with Crippen molar-refractivity contribution in [3.05, 3.63) is 0 Å². The maximum atomic E-state index is 6.00. The van der Waals surface area contributed by atoms with Crippen LogP contribution in [-0.2, 0) is 4.74 Å². The van der Waals surface area contributed by atoms with Crippen molar-refractivity contribution in [2.24, 2.45) is 5.41 Å². The Morgan fingerprint density at radius 2 is 1.95 bits per heavy atom. The molecule has 0 aromatic heterocycles. The maximum absolute atomic E-state index is 6.00. The molecule has 2 saturated carbocycles. The van der Waals surface area contributed by atoms with Crippen molar-refractivity contribution in [3.8, 4) is 0 Å². The van der Waals surface area contributed by atoms with Crippen molar-refractivity contribution in [2.45, 2.75) is 64.0 Å². The molecular weight excluding hydrogens is 236 g/mol. The highest BCUT2D eigenvalue weighted by Crippen LogP contribution is 2.53. The molecule has 2 unspecified atom stereocenters. The third-order valence-electron chi connectivity index (χ3n) is 5.11. The van der Waals surface area contributed by atoms with Crippen molar-refractivity contribution < 1.29 is 4.74 Å². The summed E-state index contributed by atoms with van der Waals surface area (Å²) in [6, 6.07) is 0.714. The summed E-state index contributed by atoms with van der Waals surface area (Å²) in [6.45, 7) is 5.35. The number of hydrogen-bond donors (Lipinski definition) is 1. The van der Waals surface area contributed by atoms with Crippen LogP contribution in [0.2, 0.25) is 0 Å². The van der Waals surface area contributed by atoms with Gasteiger partial charge in [-0.1, -0.05) is 19.3 Å². The zero-order valence-electron chi connectivity index (χ0n) is 13.1. The van der Waals surface area contributed by atoms with E-state index < -0.39 is 0 Å². The van der Waals surface area contributed by atoms with Crippen LogP contribution in [0.5, 0.6) is 0 Å². The molecule has 0 aromatic rings. The number of nitrogens with one attached hydrogen (secondary N) is 1. The Morgan fingerprint density at radius 3 is 2.58 bits per heavy atom. The van der Waals surface area contributed by atoms with Crippen LogP contribution < -0.4 is 5.32 Å². The van der Waals surface area contributed by atoms with Crippen LogP contribution in [0, 0.1) is 5.41 Å². The van der Waals surface area contributed by atoms with E-state index in [2.05, 4.69) is 31.2 Å². The molecule has 112 valence electrons. The molecule has 0 aromatic carbocycles. The molecule has 2 rings (SSSR count). The minimum Gasteiger partial charge on any atom is -0.378 e. The van der Waals surface area contributed by atoms with Crippen molar-refractivity contribution in [2.75, 3.05) is 33.8 Å². The van der Waals surface area contributed by atoms with Gasteiger partial charge < -0.3 is 15.0 Å². The molecule has 0 saturated heterocycles. The van der Waals surface area contributed by atoms with E-state index in [0.717, 1.165) is 13.2 Å². The van der Waals surface area contributed by atoms with Gasteiger partial charge in [0.2, 0.25) is 0 Å². The minimum atomic E-state index is 0.479. The Balaban J connectivity index is 1.80. The molecule has 2 aliphatic carbocycles. The second-order valence-corrected chi connectivity index (χ2v) is 6.64. The van der Waals surface area contributed by atoms with Crippen LogP contribution in [0.4, 0.5) is 0 Å². The minimum absolute atomic E-state index is 0.479. The molecule has 1 N–H and O–H groups in total. The van der Waals surface area contributed by atoms with E-state index in [9.17, 15) is 0 Å². The first-order chi connectivity index (χ1) is 9.19. The van der Waals surface area contributed by atoms with Gasteiger partial charge >= 0.3 is 0 Å². The quantitative estimate of drug-likeness (QED) is 0.718. The van der Waals surface area contributed by atoms with Gasteiger partial charge in [0.25, 0.3) is 0 Å². The summed E-state index contributed by atoms with van der Waals surface area (Å²) in [5, 5.41) is 3.82. The Morgan fingerprint density at radius 1 is 1.21 bits per heavy atom. The van der Waals surface area contributed by atoms with Crippen molar-refractivity contribution in [3.63, 3.8) is 0 Å². The van der Waals surface area contributed by atoms with Crippen LogP contribution in [0.15, 0.2) is 0 Å². The molecule has 19 heavy (non-hydrogen) atoms. The van der Waals surface area contributed by atoms with Gasteiger partial charge in [0.05, 0.1) is 6.10 Å². The summed E-state index contributed by atoms with van der Waals surface area (Å²) in [4.78, 5) is 2.27. The van der Waals surface area contributed by atoms with E-state index in [1.807, 2.05) is 0 Å². The van der Waals surface area contributed by atoms with E-state index in [1.165, 1.54) is 51.5 Å². The summed E-state index contributed by atoms with van der Waals surface area (Å²) >= 11 is 0. The zero-order valence-corrected chi connectivity index (χ0v) is 13.1. The Kier molecular flexibility index (Phi) is 5.67. The lowest BCUT2D eigenvalue weighted by molar-refractivity contribution is -0.149. The molecule has 0 aliphatic heterocycles. The van der Waals surface area contributed by atoms with Crippen LogP contribution in [-0.4, -0.2) is 50.8 Å². The van der Waals surface area contributed by atoms with Gasteiger partial charge in [-0.15, -0.1) is 0 Å². The summed E-state index contributed by atoms with van der Waals surface area (Å²) in [7, 11) is 4.30. The molecule has 3 nitrogen and oxygen atoms in total. The van der Waals surface area contributed by atoms with Crippen molar-refractivity contribution >= 4 is 0 Å². The summed E-state index contributed by atoms with van der Waals surface area (Å²) in [5.41, 5.74) is 0.479. The summed E-state index contributed by atoms with van der Waals surface area (Å²) < 4.78 is 6.00. The lowest BCUT2D eigenvalue weighted by atomic mass is 9.55. The number of nitrogens with zero attached hydrogens (tertiary/aromatic N) is 1. The fourth-order valence-electron chi connectivity index (χ4n) is 4.02. The van der Waals surface area contributed by atoms with Gasteiger partial charge in [0.15, 0.2) is 0 Å². The van der Waals surface area contributed by atoms with Crippen LogP contribution in [0.25, 0.3) is 0 Å². The van der Waals surface area contributed by atoms with E-state index in [-0.39, 0.29) is 0 Å². The number of ether oxygens (including phenoxy) is 1. The number of hydrogen-bond acceptors (Lipinski definition) is 3. The highest BCUT2D eigenvalue weighted by atomic mass is 16.5. The third-order valence-corrected chi connectivity index (χ3v) is 5.11. The van der Waals surface area contributed by atoms with Gasteiger partial charge in [-0.3, -0.25) is 0 Å². The molecule has 1 spiro atoms. The van der Waals surface area contributed by atoms with Gasteiger partial charge in [-0.25, -0.2) is 0 Å². The van der Waals surface area contributed by atoms with E-state index in [0.29, 0.717) is 17.6 Å². The Labute approximate surface area is 119 Å². The predicted molar refractivity (Wildman–Crippen MR) is 80.5 cm³/mol. The Bertz CT molecular complexity index is 261. The lowest BCUT2D eigenvalue weighted by Crippen LogP contribution is -2.64. The molecule has 2 aliphatic rings. The molecule has 0 heterocycles. The predicted octanol–water partition coefficient (Wildman–Crippen LogP) is 2.66. The first kappa shape index (κ1) is 15.3. The molecule has 2 atom stereocenters. The molecule has 0 radical (unpaired) electrons. The zero-order chi connectivity index (χ0) is 13.7. The van der Waals surface area contributed by atoms with Crippen LogP contribution in [0.1, 0.15) is 51.9 Å². The average molecular weight is 268 g/mol. The molecule has 3 heteroatoms. The smallest absolute Gasteiger partial charge is 0.0661 e. The molecule has 0 amide bonds. The molecule has 2 fully saturated rings. The van der Waals surface area contributed by atoms with Gasteiger partial charge in [0, 0.05) is 18.1 Å². The SMILES string of the molecule is CCOC1CC(NCCCN(C)C)C12CCCCC2. The third kappa shape index (κ3) is 3.50. The highest BCUT2D eigenvalue weighted by molar-refractivity contribution is 5.08. The Hall–Kier alpha value is -0.120. The maximum Gasteiger partial charge on any atom is 0.0661 e. The van der Waals surface area contributed by atoms with Gasteiger partial charge in [0.1, 0.15) is 0 Å². The molecular formula is C16H32N2O. The fourth-order valence-corrected chi connectivity index (χ4v) is 4.02. The fraction of sp³-hybridized carbons (Fsp3) is 1.00. The highest BCUT2D eigenvalue weighted by Gasteiger charge is 2.55. The normalized spacial score (nSPS) is 29.7. The second-order valence-electron chi connectivity index (χ2n) is 6.64. The van der Waals surface area contributed by atoms with Gasteiger partial charge in [-0.2, -0.15) is 0 Å². The van der Waals surface area contributed by atoms with Crippen LogP contribution >= 0.6 is 0 Å². The van der Waals surface area contributed by atoms with Crippen molar-refractivity contribution in [1.29, 1.82) is 0 Å². The summed E-state index contributed by atoms with van der Waals surface area (Å²) in [6.07, 6.45) is 10.00. The lowest BCUT2D eigenvalue weighted by Gasteiger charge is -2.58. The first-order valence-electron chi connectivity index (χ1n) is 8.19.